The molecule has 4 aliphatic heterocycles. The predicted octanol–water partition coefficient (Wildman–Crippen LogP) is 9.55. The van der Waals surface area contributed by atoms with Crippen molar-refractivity contribution in [2.24, 2.45) is 0 Å². The average Bonchev–Trinajstić information content (AvgIpc) is 3.54. The second-order valence-electron chi connectivity index (χ2n) is 13.9. The fourth-order valence-electron chi connectivity index (χ4n) is 8.49. The first kappa shape index (κ1) is 29.6. The Morgan fingerprint density at radius 2 is 1.46 bits per heavy atom. The molecule has 4 aliphatic rings. The number of benzene rings is 3. The largest absolute Gasteiger partial charge is 0.416 e. The first-order chi connectivity index (χ1) is 22.2. The second-order valence-corrected chi connectivity index (χ2v) is 13.9. The molecule has 5 aromatic rings. The first-order valence-electron chi connectivity index (χ1n) is 16.8. The normalized spacial score (nSPS) is 23.7. The van der Waals surface area contributed by atoms with E-state index >= 15 is 0 Å². The van der Waals surface area contributed by atoms with Crippen LogP contribution >= 0.6 is 0 Å². The molecule has 4 atom stereocenters. The highest BCUT2D eigenvalue weighted by Crippen LogP contribution is 2.42. The van der Waals surface area contributed by atoms with Gasteiger partial charge < -0.3 is 20.2 Å². The third-order valence-corrected chi connectivity index (χ3v) is 10.6. The van der Waals surface area contributed by atoms with Gasteiger partial charge in [-0.3, -0.25) is 0 Å². The van der Waals surface area contributed by atoms with Crippen LogP contribution in [-0.4, -0.2) is 21.6 Å². The van der Waals surface area contributed by atoms with Gasteiger partial charge >= 0.3 is 6.18 Å². The number of H-pyrrole nitrogens is 1. The number of aryl methyl sites for hydroxylation is 2. The third kappa shape index (κ3) is 5.37. The summed E-state index contributed by atoms with van der Waals surface area (Å²) < 4.78 is 41.3. The minimum absolute atomic E-state index is 0.366. The average molecular weight is 623 g/mol. The van der Waals surface area contributed by atoms with Gasteiger partial charge in [-0.2, -0.15) is 13.2 Å². The number of aromatic nitrogens is 2. The molecule has 2 fully saturated rings. The molecular weight excluding hydrogens is 581 g/mol. The Kier molecular flexibility index (Phi) is 7.37. The van der Waals surface area contributed by atoms with E-state index in [0.29, 0.717) is 29.7 Å². The minimum Gasteiger partial charge on any atom is -0.358 e. The monoisotopic (exact) mass is 622 g/mol. The van der Waals surface area contributed by atoms with Crippen molar-refractivity contribution in [3.8, 4) is 0 Å². The van der Waals surface area contributed by atoms with Gasteiger partial charge in [0.05, 0.1) is 11.1 Å². The Hall–Kier alpha value is -3.81. The van der Waals surface area contributed by atoms with Crippen LogP contribution in [0.5, 0.6) is 0 Å². The van der Waals surface area contributed by atoms with E-state index in [4.69, 9.17) is 0 Å². The number of piperidine rings is 2. The van der Waals surface area contributed by atoms with Gasteiger partial charge in [0.15, 0.2) is 0 Å². The lowest BCUT2D eigenvalue weighted by Gasteiger charge is -2.36. The van der Waals surface area contributed by atoms with Crippen molar-refractivity contribution in [1.82, 2.24) is 20.2 Å². The molecule has 9 rings (SSSR count). The zero-order valence-electron chi connectivity index (χ0n) is 26.5. The number of aromatic amines is 1. The van der Waals surface area contributed by atoms with E-state index in [-0.39, 0.29) is 0 Å². The Morgan fingerprint density at radius 3 is 2.22 bits per heavy atom. The minimum atomic E-state index is -4.33. The van der Waals surface area contributed by atoms with E-state index in [2.05, 4.69) is 70.4 Å². The van der Waals surface area contributed by atoms with Crippen molar-refractivity contribution in [2.75, 3.05) is 0 Å². The SMILES string of the molecule is Cc1ccc2[nH]c3c(c2c1)C1CCCC(C3)N1.Cc1ccc2c(c1)c1c(n2/C=C\c2cccc(C(F)(F)F)c2)CC2CCCC1N2. The number of nitrogens with zero attached hydrogens (tertiary/aromatic N) is 1. The zero-order chi connectivity index (χ0) is 31.6. The van der Waals surface area contributed by atoms with Crippen LogP contribution in [0.3, 0.4) is 0 Å². The number of halogens is 3. The quantitative estimate of drug-likeness (QED) is 0.184. The van der Waals surface area contributed by atoms with Crippen LogP contribution in [0.25, 0.3) is 34.1 Å². The molecule has 4 bridgehead atoms. The fourth-order valence-corrected chi connectivity index (χ4v) is 8.49. The van der Waals surface area contributed by atoms with Crippen LogP contribution in [0, 0.1) is 13.8 Å². The molecule has 4 nitrogen and oxygen atoms in total. The van der Waals surface area contributed by atoms with Crippen LogP contribution < -0.4 is 10.6 Å². The maximum atomic E-state index is 13.0. The Bertz CT molecular complexity index is 1960. The summed E-state index contributed by atoms with van der Waals surface area (Å²) in [6, 6.07) is 20.9. The number of fused-ring (bicyclic) bond motifs is 12. The van der Waals surface area contributed by atoms with E-state index in [1.807, 2.05) is 6.20 Å². The standard InChI is InChI=1S/C24H23F3N2.C15H18N2/c1-15-8-9-21-19(12-15)23-20-7-3-6-18(28-20)14-22(23)29(21)11-10-16-4-2-5-17(13-16)24(25,26)27;1-9-5-6-12-11(7-9)15-13-4-2-3-10(16-13)8-14(15)17-12/h2,4-5,8-13,18,20,28H,3,6-7,14H2,1H3;5-7,10,13,16-17H,2-4,8H2,1H3/b11-10-;. The summed E-state index contributed by atoms with van der Waals surface area (Å²) in [6.45, 7) is 4.28. The van der Waals surface area contributed by atoms with Gasteiger partial charge in [0.25, 0.3) is 0 Å². The van der Waals surface area contributed by atoms with Gasteiger partial charge in [0.2, 0.25) is 0 Å². The molecule has 46 heavy (non-hydrogen) atoms. The lowest BCUT2D eigenvalue weighted by Crippen LogP contribution is -2.42. The number of rotatable bonds is 2. The van der Waals surface area contributed by atoms with Crippen molar-refractivity contribution >= 4 is 34.1 Å². The number of nitrogens with one attached hydrogen (secondary N) is 3. The first-order valence-corrected chi connectivity index (χ1v) is 16.8. The highest BCUT2D eigenvalue weighted by molar-refractivity contribution is 5.90. The van der Waals surface area contributed by atoms with Crippen molar-refractivity contribution in [3.05, 3.63) is 105 Å². The number of hydrogen-bond donors (Lipinski definition) is 3. The molecule has 3 N–H and O–H groups in total. The second kappa shape index (κ2) is 11.5. The highest BCUT2D eigenvalue weighted by atomic mass is 19.4. The molecule has 0 spiro atoms. The van der Waals surface area contributed by atoms with Crippen LogP contribution in [0.15, 0.2) is 60.7 Å². The molecule has 0 amide bonds. The molecule has 2 saturated heterocycles. The molecule has 7 heteroatoms. The number of alkyl halides is 3. The molecular formula is C39H41F3N4. The van der Waals surface area contributed by atoms with Crippen LogP contribution in [0.2, 0.25) is 0 Å². The van der Waals surface area contributed by atoms with Crippen molar-refractivity contribution in [1.29, 1.82) is 0 Å². The zero-order valence-corrected chi connectivity index (χ0v) is 26.5. The number of hydrogen-bond acceptors (Lipinski definition) is 2. The van der Waals surface area contributed by atoms with Crippen LogP contribution in [0.4, 0.5) is 13.2 Å². The molecule has 6 heterocycles. The summed E-state index contributed by atoms with van der Waals surface area (Å²) in [4.78, 5) is 3.63. The van der Waals surface area contributed by atoms with E-state index in [0.717, 1.165) is 24.4 Å². The van der Waals surface area contributed by atoms with Crippen molar-refractivity contribution in [2.45, 2.75) is 95.6 Å². The van der Waals surface area contributed by atoms with Crippen LogP contribution in [0.1, 0.15) is 95.4 Å². The molecule has 238 valence electrons. The van der Waals surface area contributed by atoms with Gasteiger partial charge in [-0.25, -0.2) is 0 Å². The predicted molar refractivity (Wildman–Crippen MR) is 181 cm³/mol. The maximum Gasteiger partial charge on any atom is 0.416 e. The van der Waals surface area contributed by atoms with Gasteiger partial charge in [-0.05, 0) is 112 Å². The van der Waals surface area contributed by atoms with Crippen LogP contribution in [-0.2, 0) is 19.0 Å². The highest BCUT2D eigenvalue weighted by Gasteiger charge is 2.35. The van der Waals surface area contributed by atoms with E-state index in [1.165, 1.54) is 95.0 Å². The van der Waals surface area contributed by atoms with E-state index < -0.39 is 11.7 Å². The molecule has 0 saturated carbocycles. The third-order valence-electron chi connectivity index (χ3n) is 10.6. The lowest BCUT2D eigenvalue weighted by atomic mass is 9.84. The molecule has 3 aromatic carbocycles. The molecule has 2 aromatic heterocycles. The van der Waals surface area contributed by atoms with Crippen molar-refractivity contribution < 1.29 is 13.2 Å². The lowest BCUT2D eigenvalue weighted by molar-refractivity contribution is -0.137. The van der Waals surface area contributed by atoms with Crippen molar-refractivity contribution in [3.63, 3.8) is 0 Å². The molecule has 0 aliphatic carbocycles. The van der Waals surface area contributed by atoms with Gasteiger partial charge in [0.1, 0.15) is 0 Å². The molecule has 0 radical (unpaired) electrons. The topological polar surface area (TPSA) is 44.8 Å². The smallest absolute Gasteiger partial charge is 0.358 e. The molecule has 4 unspecified atom stereocenters. The summed E-state index contributed by atoms with van der Waals surface area (Å²) >= 11 is 0. The Balaban J connectivity index is 0.000000155. The summed E-state index contributed by atoms with van der Waals surface area (Å²) in [7, 11) is 0. The van der Waals surface area contributed by atoms with Gasteiger partial charge in [-0.15, -0.1) is 0 Å². The summed E-state index contributed by atoms with van der Waals surface area (Å²) in [5.74, 6) is 0. The summed E-state index contributed by atoms with van der Waals surface area (Å²) in [5, 5.41) is 10.3. The summed E-state index contributed by atoms with van der Waals surface area (Å²) in [6.07, 6.45) is 9.08. The fraction of sp³-hybridized carbons (Fsp3) is 0.385. The van der Waals surface area contributed by atoms with Gasteiger partial charge in [-0.1, -0.05) is 35.4 Å². The Morgan fingerprint density at radius 1 is 0.761 bits per heavy atom. The Labute approximate surface area is 268 Å². The van der Waals surface area contributed by atoms with E-state index in [1.54, 1.807) is 17.7 Å². The maximum absolute atomic E-state index is 13.0. The van der Waals surface area contributed by atoms with E-state index in [9.17, 15) is 13.2 Å². The summed E-state index contributed by atoms with van der Waals surface area (Å²) in [5.41, 5.74) is 10.7. The van der Waals surface area contributed by atoms with Gasteiger partial charge in [0, 0.05) is 70.9 Å².